The molecule has 1 heterocycles. The van der Waals surface area contributed by atoms with Crippen LogP contribution in [-0.4, -0.2) is 36.4 Å². The molecule has 0 aliphatic heterocycles. The molecule has 0 saturated carbocycles. The van der Waals surface area contributed by atoms with Gasteiger partial charge < -0.3 is 20.1 Å². The van der Waals surface area contributed by atoms with Crippen molar-refractivity contribution in [2.24, 2.45) is 0 Å². The third-order valence-corrected chi connectivity index (χ3v) is 6.97. The first kappa shape index (κ1) is 26.3. The molecule has 0 radical (unpaired) electrons. The van der Waals surface area contributed by atoms with Crippen LogP contribution in [0.15, 0.2) is 53.4 Å². The standard InChI is InChI=1S/C27H33N3O4S/c1-5-6-7-8-16-30-18(2)23(25(32)28-20-10-9-11-21(31)17-20)29-24(30)19-12-14-22(15-13-19)35-27(3,4)26(33)34/h9-15,17,31H,5-8,16H2,1-4H3,(H,28,32)(H,33,34). The molecule has 0 unspecified atom stereocenters. The van der Waals surface area contributed by atoms with Crippen LogP contribution in [0.4, 0.5) is 5.69 Å². The number of anilines is 1. The van der Waals surface area contributed by atoms with Crippen molar-refractivity contribution < 1.29 is 19.8 Å². The summed E-state index contributed by atoms with van der Waals surface area (Å²) in [6, 6.07) is 14.0. The Morgan fingerprint density at radius 2 is 1.80 bits per heavy atom. The van der Waals surface area contributed by atoms with Crippen LogP contribution in [0.2, 0.25) is 0 Å². The molecule has 186 valence electrons. The topological polar surface area (TPSA) is 104 Å². The van der Waals surface area contributed by atoms with Crippen LogP contribution >= 0.6 is 11.8 Å². The van der Waals surface area contributed by atoms with Crippen molar-refractivity contribution >= 4 is 29.3 Å². The van der Waals surface area contributed by atoms with Crippen molar-refractivity contribution in [2.45, 2.75) is 69.6 Å². The summed E-state index contributed by atoms with van der Waals surface area (Å²) in [7, 11) is 0. The lowest BCUT2D eigenvalue weighted by Crippen LogP contribution is -2.26. The number of unbranched alkanes of at least 4 members (excludes halogenated alkanes) is 3. The SMILES string of the molecule is CCCCCCn1c(-c2ccc(SC(C)(C)C(=O)O)cc2)nc(C(=O)Nc2cccc(O)c2)c1C. The van der Waals surface area contributed by atoms with Gasteiger partial charge in [-0.2, -0.15) is 0 Å². The number of benzene rings is 2. The number of carbonyl (C=O) groups excluding carboxylic acids is 1. The molecule has 35 heavy (non-hydrogen) atoms. The van der Waals surface area contributed by atoms with E-state index < -0.39 is 10.7 Å². The van der Waals surface area contributed by atoms with Crippen LogP contribution in [-0.2, 0) is 11.3 Å². The van der Waals surface area contributed by atoms with Gasteiger partial charge in [0.15, 0.2) is 0 Å². The Morgan fingerprint density at radius 1 is 1.09 bits per heavy atom. The van der Waals surface area contributed by atoms with Crippen LogP contribution in [0, 0.1) is 6.92 Å². The molecular formula is C27H33N3O4S. The highest BCUT2D eigenvalue weighted by Gasteiger charge is 2.28. The first-order chi connectivity index (χ1) is 16.6. The fraction of sp³-hybridized carbons (Fsp3) is 0.370. The lowest BCUT2D eigenvalue weighted by atomic mass is 10.2. The number of aliphatic carboxylic acids is 1. The lowest BCUT2D eigenvalue weighted by Gasteiger charge is -2.18. The van der Waals surface area contributed by atoms with Crippen molar-refractivity contribution in [3.05, 3.63) is 59.9 Å². The zero-order chi connectivity index (χ0) is 25.6. The molecule has 2 aromatic carbocycles. The summed E-state index contributed by atoms with van der Waals surface area (Å²) in [6.45, 7) is 8.17. The first-order valence-electron chi connectivity index (χ1n) is 11.8. The molecule has 0 fully saturated rings. The molecule has 7 nitrogen and oxygen atoms in total. The maximum Gasteiger partial charge on any atom is 0.319 e. The maximum absolute atomic E-state index is 13.1. The van der Waals surface area contributed by atoms with Crippen molar-refractivity contribution in [1.82, 2.24) is 9.55 Å². The van der Waals surface area contributed by atoms with Gasteiger partial charge in [-0.15, -0.1) is 11.8 Å². The van der Waals surface area contributed by atoms with Gasteiger partial charge in [0, 0.05) is 34.5 Å². The zero-order valence-electron chi connectivity index (χ0n) is 20.7. The van der Waals surface area contributed by atoms with E-state index in [9.17, 15) is 19.8 Å². The molecule has 0 atom stereocenters. The van der Waals surface area contributed by atoms with E-state index in [0.717, 1.165) is 48.4 Å². The van der Waals surface area contributed by atoms with E-state index in [-0.39, 0.29) is 11.7 Å². The number of aromatic hydroxyl groups is 1. The van der Waals surface area contributed by atoms with Gasteiger partial charge in [0.25, 0.3) is 5.91 Å². The first-order valence-corrected chi connectivity index (χ1v) is 12.6. The van der Waals surface area contributed by atoms with Crippen molar-refractivity contribution in [2.75, 3.05) is 5.32 Å². The number of phenols is 1. The summed E-state index contributed by atoms with van der Waals surface area (Å²) in [6.07, 6.45) is 4.36. The molecule has 3 aromatic rings. The normalized spacial score (nSPS) is 11.4. The number of carboxylic acid groups (broad SMARTS) is 1. The molecule has 0 spiro atoms. The van der Waals surface area contributed by atoms with Crippen LogP contribution < -0.4 is 5.32 Å². The Labute approximate surface area is 210 Å². The smallest absolute Gasteiger partial charge is 0.319 e. The maximum atomic E-state index is 13.1. The van der Waals surface area contributed by atoms with E-state index in [4.69, 9.17) is 4.98 Å². The molecule has 1 amide bonds. The number of hydrogen-bond donors (Lipinski definition) is 3. The van der Waals surface area contributed by atoms with Crippen molar-refractivity contribution in [3.63, 3.8) is 0 Å². The monoisotopic (exact) mass is 495 g/mol. The Kier molecular flexibility index (Phi) is 8.62. The number of rotatable bonds is 11. The zero-order valence-corrected chi connectivity index (χ0v) is 21.5. The second-order valence-electron chi connectivity index (χ2n) is 9.03. The fourth-order valence-corrected chi connectivity index (χ4v) is 4.67. The van der Waals surface area contributed by atoms with Gasteiger partial charge in [0.1, 0.15) is 22.0 Å². The highest BCUT2D eigenvalue weighted by molar-refractivity contribution is 8.01. The van der Waals surface area contributed by atoms with Crippen molar-refractivity contribution in [1.29, 1.82) is 0 Å². The summed E-state index contributed by atoms with van der Waals surface area (Å²) in [5.41, 5.74) is 2.47. The highest BCUT2D eigenvalue weighted by Crippen LogP contribution is 2.34. The number of amides is 1. The summed E-state index contributed by atoms with van der Waals surface area (Å²) in [5, 5.41) is 21.9. The number of aromatic nitrogens is 2. The molecule has 3 N–H and O–H groups in total. The van der Waals surface area contributed by atoms with E-state index >= 15 is 0 Å². The van der Waals surface area contributed by atoms with Crippen molar-refractivity contribution in [3.8, 4) is 17.1 Å². The van der Waals surface area contributed by atoms with Gasteiger partial charge in [-0.25, -0.2) is 4.98 Å². The van der Waals surface area contributed by atoms with E-state index in [0.29, 0.717) is 17.2 Å². The van der Waals surface area contributed by atoms with Gasteiger partial charge in [-0.05, 0) is 51.5 Å². The number of hydrogen-bond acceptors (Lipinski definition) is 5. The summed E-state index contributed by atoms with van der Waals surface area (Å²) < 4.78 is 1.14. The average Bonchev–Trinajstić information content (AvgIpc) is 3.13. The number of nitrogens with one attached hydrogen (secondary N) is 1. The van der Waals surface area contributed by atoms with E-state index in [2.05, 4.69) is 16.8 Å². The van der Waals surface area contributed by atoms with Gasteiger partial charge >= 0.3 is 5.97 Å². The Hall–Kier alpha value is -3.26. The fourth-order valence-electron chi connectivity index (χ4n) is 3.72. The number of imidazole rings is 1. The van der Waals surface area contributed by atoms with Crippen LogP contribution in [0.25, 0.3) is 11.4 Å². The molecule has 0 aliphatic rings. The molecule has 0 saturated heterocycles. The Morgan fingerprint density at radius 3 is 2.43 bits per heavy atom. The third-order valence-electron chi connectivity index (χ3n) is 5.78. The predicted octanol–water partition coefficient (Wildman–Crippen LogP) is 6.35. The van der Waals surface area contributed by atoms with Gasteiger partial charge in [0.05, 0.1) is 0 Å². The summed E-state index contributed by atoms with van der Waals surface area (Å²) >= 11 is 1.29. The molecule has 1 aromatic heterocycles. The number of phenolic OH excluding ortho intramolecular Hbond substituents is 1. The van der Waals surface area contributed by atoms with Gasteiger partial charge in [-0.3, -0.25) is 9.59 Å². The van der Waals surface area contributed by atoms with E-state index in [1.165, 1.54) is 17.8 Å². The number of carbonyl (C=O) groups is 2. The van der Waals surface area contributed by atoms with Gasteiger partial charge in [0.2, 0.25) is 0 Å². The minimum atomic E-state index is -0.938. The quantitative estimate of drug-likeness (QED) is 0.211. The Balaban J connectivity index is 1.91. The lowest BCUT2D eigenvalue weighted by molar-refractivity contribution is -0.138. The van der Waals surface area contributed by atoms with E-state index in [1.807, 2.05) is 31.2 Å². The van der Waals surface area contributed by atoms with Crippen LogP contribution in [0.3, 0.4) is 0 Å². The minimum absolute atomic E-state index is 0.0747. The van der Waals surface area contributed by atoms with E-state index in [1.54, 1.807) is 32.0 Å². The molecule has 0 bridgehead atoms. The summed E-state index contributed by atoms with van der Waals surface area (Å²) in [5.74, 6) is -0.427. The third kappa shape index (κ3) is 6.66. The second-order valence-corrected chi connectivity index (χ2v) is 10.7. The molecular weight excluding hydrogens is 462 g/mol. The minimum Gasteiger partial charge on any atom is -0.508 e. The number of thioether (sulfide) groups is 1. The van der Waals surface area contributed by atoms with Crippen LogP contribution in [0.5, 0.6) is 5.75 Å². The largest absolute Gasteiger partial charge is 0.508 e. The average molecular weight is 496 g/mol. The Bertz CT molecular complexity index is 1190. The predicted molar refractivity (Wildman–Crippen MR) is 140 cm³/mol. The molecule has 8 heteroatoms. The number of nitrogens with zero attached hydrogens (tertiary/aromatic N) is 2. The second kappa shape index (κ2) is 11.4. The molecule has 3 rings (SSSR count). The molecule has 0 aliphatic carbocycles. The summed E-state index contributed by atoms with van der Waals surface area (Å²) in [4.78, 5) is 30.1. The highest BCUT2D eigenvalue weighted by atomic mass is 32.2. The van der Waals surface area contributed by atoms with Crippen LogP contribution in [0.1, 0.15) is 62.6 Å². The number of carboxylic acids is 1. The van der Waals surface area contributed by atoms with Gasteiger partial charge in [-0.1, -0.05) is 44.4 Å².